The fourth-order valence-corrected chi connectivity index (χ4v) is 3.40. The summed E-state index contributed by atoms with van der Waals surface area (Å²) in [6.07, 6.45) is 0.0413. The van der Waals surface area contributed by atoms with Gasteiger partial charge in [-0.05, 0) is 34.5 Å². The van der Waals surface area contributed by atoms with E-state index in [0.717, 1.165) is 16.3 Å². The molecule has 1 unspecified atom stereocenters. The molecule has 29 heavy (non-hydrogen) atoms. The van der Waals surface area contributed by atoms with Gasteiger partial charge < -0.3 is 9.47 Å². The van der Waals surface area contributed by atoms with Gasteiger partial charge in [0.25, 0.3) is 0 Å². The van der Waals surface area contributed by atoms with Crippen LogP contribution in [0.4, 0.5) is 0 Å². The number of benzene rings is 3. The average Bonchev–Trinajstić information content (AvgIpc) is 2.78. The summed E-state index contributed by atoms with van der Waals surface area (Å²) in [6.45, 7) is 0. The fraction of sp³-hybridized carbons (Fsp3) is 0.208. The number of hydrogen-bond acceptors (Lipinski definition) is 5. The molecule has 0 N–H and O–H groups in total. The molecule has 1 atom stereocenters. The Morgan fingerprint density at radius 1 is 0.897 bits per heavy atom. The van der Waals surface area contributed by atoms with Gasteiger partial charge in [0.15, 0.2) is 17.3 Å². The van der Waals surface area contributed by atoms with Crippen molar-refractivity contribution in [3.05, 3.63) is 71.8 Å². The van der Waals surface area contributed by atoms with Gasteiger partial charge in [-0.3, -0.25) is 4.79 Å². The summed E-state index contributed by atoms with van der Waals surface area (Å²) in [4.78, 5) is 13.0. The van der Waals surface area contributed by atoms with Crippen molar-refractivity contribution in [3.8, 4) is 23.6 Å². The summed E-state index contributed by atoms with van der Waals surface area (Å²) >= 11 is 0. The number of methoxy groups -OCH3 is 2. The third kappa shape index (κ3) is 4.20. The number of Topliss-reactive ketones (excluding diaryl/α,β-unsaturated/α-hetero) is 1. The van der Waals surface area contributed by atoms with E-state index in [1.54, 1.807) is 18.2 Å². The first-order valence-corrected chi connectivity index (χ1v) is 9.14. The maximum atomic E-state index is 13.0. The molecular weight excluding hydrogens is 364 g/mol. The topological polar surface area (TPSA) is 83.1 Å². The fourth-order valence-electron chi connectivity index (χ4n) is 3.40. The standard InChI is InChI=1S/C24H20N2O3/c1-28-23-10-9-19(12-24(23)29-2)22(27)13-21(20(14-25)15-26)18-8-7-16-5-3-4-6-17(16)11-18/h3-12,20-21H,13H2,1-2H3. The van der Waals surface area contributed by atoms with Crippen molar-refractivity contribution in [2.24, 2.45) is 5.92 Å². The Hall–Kier alpha value is -3.83. The highest BCUT2D eigenvalue weighted by atomic mass is 16.5. The van der Waals surface area contributed by atoms with Crippen molar-refractivity contribution in [1.82, 2.24) is 0 Å². The van der Waals surface area contributed by atoms with Gasteiger partial charge in [0, 0.05) is 17.9 Å². The number of rotatable bonds is 7. The largest absolute Gasteiger partial charge is 0.493 e. The van der Waals surface area contributed by atoms with E-state index in [2.05, 4.69) is 0 Å². The minimum absolute atomic E-state index is 0.0413. The van der Waals surface area contributed by atoms with Crippen molar-refractivity contribution < 1.29 is 14.3 Å². The Bertz CT molecular complexity index is 1110. The summed E-state index contributed by atoms with van der Waals surface area (Å²) in [5, 5.41) is 21.0. The molecule has 5 nitrogen and oxygen atoms in total. The van der Waals surface area contributed by atoms with Gasteiger partial charge in [-0.15, -0.1) is 0 Å². The first kappa shape index (κ1) is 19.9. The minimum Gasteiger partial charge on any atom is -0.493 e. The Morgan fingerprint density at radius 2 is 1.59 bits per heavy atom. The first-order chi connectivity index (χ1) is 14.1. The Labute approximate surface area is 169 Å². The smallest absolute Gasteiger partial charge is 0.163 e. The Kier molecular flexibility index (Phi) is 6.12. The van der Waals surface area contributed by atoms with Gasteiger partial charge in [0.1, 0.15) is 5.92 Å². The second-order valence-corrected chi connectivity index (χ2v) is 6.65. The highest BCUT2D eigenvalue weighted by Gasteiger charge is 2.27. The summed E-state index contributed by atoms with van der Waals surface area (Å²) in [6, 6.07) is 22.7. The molecule has 0 aliphatic carbocycles. The first-order valence-electron chi connectivity index (χ1n) is 9.14. The van der Waals surface area contributed by atoms with Crippen molar-refractivity contribution >= 4 is 16.6 Å². The van der Waals surface area contributed by atoms with Gasteiger partial charge >= 0.3 is 0 Å². The maximum absolute atomic E-state index is 13.0. The van der Waals surface area contributed by atoms with Crippen LogP contribution in [0.2, 0.25) is 0 Å². The third-order valence-electron chi connectivity index (χ3n) is 4.99. The number of ether oxygens (including phenoxy) is 2. The molecule has 0 spiro atoms. The van der Waals surface area contributed by atoms with Crippen LogP contribution >= 0.6 is 0 Å². The molecule has 0 radical (unpaired) electrons. The van der Waals surface area contributed by atoms with E-state index < -0.39 is 11.8 Å². The molecule has 0 aromatic heterocycles. The maximum Gasteiger partial charge on any atom is 0.163 e. The zero-order valence-corrected chi connectivity index (χ0v) is 16.3. The SMILES string of the molecule is COc1ccc(C(=O)CC(c2ccc3ccccc3c2)C(C#N)C#N)cc1OC. The molecule has 0 heterocycles. The van der Waals surface area contributed by atoms with E-state index in [1.165, 1.54) is 14.2 Å². The van der Waals surface area contributed by atoms with E-state index in [9.17, 15) is 15.3 Å². The quantitative estimate of drug-likeness (QED) is 0.542. The number of carbonyl (C=O) groups is 1. The van der Waals surface area contributed by atoms with Crippen molar-refractivity contribution in [3.63, 3.8) is 0 Å². The molecule has 3 aromatic rings. The molecule has 0 saturated heterocycles. The van der Waals surface area contributed by atoms with Gasteiger partial charge in [-0.2, -0.15) is 10.5 Å². The van der Waals surface area contributed by atoms with Crippen LogP contribution in [0.5, 0.6) is 11.5 Å². The molecule has 0 aliphatic rings. The number of nitrogens with zero attached hydrogens (tertiary/aromatic N) is 2. The lowest BCUT2D eigenvalue weighted by molar-refractivity contribution is 0.0970. The Balaban J connectivity index is 1.96. The van der Waals surface area contributed by atoms with Crippen LogP contribution in [-0.4, -0.2) is 20.0 Å². The van der Waals surface area contributed by atoms with Gasteiger partial charge in [-0.1, -0.05) is 42.5 Å². The molecule has 0 amide bonds. The summed E-state index contributed by atoms with van der Waals surface area (Å²) < 4.78 is 10.5. The lowest BCUT2D eigenvalue weighted by Crippen LogP contribution is -2.15. The van der Waals surface area contributed by atoms with Crippen molar-refractivity contribution in [1.29, 1.82) is 10.5 Å². The second-order valence-electron chi connectivity index (χ2n) is 6.65. The molecule has 5 heteroatoms. The Morgan fingerprint density at radius 3 is 2.24 bits per heavy atom. The van der Waals surface area contributed by atoms with Crippen LogP contribution in [0.15, 0.2) is 60.7 Å². The summed E-state index contributed by atoms with van der Waals surface area (Å²) in [5.74, 6) is -0.644. The number of fused-ring (bicyclic) bond motifs is 1. The van der Waals surface area contributed by atoms with E-state index in [1.807, 2.05) is 54.6 Å². The summed E-state index contributed by atoms with van der Waals surface area (Å²) in [5.41, 5.74) is 1.24. The highest BCUT2D eigenvalue weighted by molar-refractivity contribution is 5.97. The van der Waals surface area contributed by atoms with Crippen LogP contribution in [0.3, 0.4) is 0 Å². The predicted octanol–water partition coefficient (Wildman–Crippen LogP) is 4.88. The molecule has 0 fully saturated rings. The molecular formula is C24H20N2O3. The van der Waals surface area contributed by atoms with Gasteiger partial charge in [0.2, 0.25) is 0 Å². The second kappa shape index (κ2) is 8.91. The minimum atomic E-state index is -0.930. The van der Waals surface area contributed by atoms with E-state index in [0.29, 0.717) is 17.1 Å². The highest BCUT2D eigenvalue weighted by Crippen LogP contribution is 2.33. The molecule has 0 aliphatic heterocycles. The van der Waals surface area contributed by atoms with E-state index >= 15 is 0 Å². The van der Waals surface area contributed by atoms with E-state index in [4.69, 9.17) is 9.47 Å². The predicted molar refractivity (Wildman–Crippen MR) is 110 cm³/mol. The van der Waals surface area contributed by atoms with Crippen LogP contribution in [0.1, 0.15) is 28.3 Å². The normalized spacial score (nSPS) is 11.5. The molecule has 3 rings (SSSR count). The van der Waals surface area contributed by atoms with Crippen molar-refractivity contribution in [2.45, 2.75) is 12.3 Å². The zero-order chi connectivity index (χ0) is 20.8. The number of hydrogen-bond donors (Lipinski definition) is 0. The molecule has 3 aromatic carbocycles. The molecule has 144 valence electrons. The van der Waals surface area contributed by atoms with E-state index in [-0.39, 0.29) is 12.2 Å². The van der Waals surface area contributed by atoms with Gasteiger partial charge in [0.05, 0.1) is 26.4 Å². The van der Waals surface area contributed by atoms with Crippen LogP contribution in [0, 0.1) is 28.6 Å². The zero-order valence-electron chi connectivity index (χ0n) is 16.3. The number of ketones is 1. The van der Waals surface area contributed by atoms with Gasteiger partial charge in [-0.25, -0.2) is 0 Å². The summed E-state index contributed by atoms with van der Waals surface area (Å²) in [7, 11) is 3.03. The van der Waals surface area contributed by atoms with Crippen LogP contribution in [0.25, 0.3) is 10.8 Å². The molecule has 0 saturated carbocycles. The molecule has 0 bridgehead atoms. The number of carbonyl (C=O) groups excluding carboxylic acids is 1. The van der Waals surface area contributed by atoms with Crippen LogP contribution in [-0.2, 0) is 0 Å². The lowest BCUT2D eigenvalue weighted by atomic mass is 9.82. The lowest BCUT2D eigenvalue weighted by Gasteiger charge is -2.18. The monoisotopic (exact) mass is 384 g/mol. The number of nitriles is 2. The van der Waals surface area contributed by atoms with Crippen LogP contribution < -0.4 is 9.47 Å². The van der Waals surface area contributed by atoms with Crippen molar-refractivity contribution in [2.75, 3.05) is 14.2 Å². The average molecular weight is 384 g/mol. The third-order valence-corrected chi connectivity index (χ3v) is 4.99.